The summed E-state index contributed by atoms with van der Waals surface area (Å²) in [6.07, 6.45) is 0. The predicted molar refractivity (Wildman–Crippen MR) is 93.5 cm³/mol. The molecule has 0 heterocycles. The fourth-order valence-corrected chi connectivity index (χ4v) is 3.23. The van der Waals surface area contributed by atoms with Gasteiger partial charge in [-0.3, -0.25) is 0 Å². The number of carbonyl (C=O) groups is 1. The average Bonchev–Trinajstić information content (AvgIpc) is 2.51. The number of rotatable bonds is 5. The Kier molecular flexibility index (Phi) is 5.81. The van der Waals surface area contributed by atoms with Gasteiger partial charge in [0, 0.05) is 0 Å². The van der Waals surface area contributed by atoms with Gasteiger partial charge in [-0.25, -0.2) is 0 Å². The molecule has 2 aromatic carbocycles. The Morgan fingerprint density at radius 3 is 2.00 bits per heavy atom. The first-order valence-electron chi connectivity index (χ1n) is 7.17. The molecule has 2 aromatic rings. The number of amides is 1. The van der Waals surface area contributed by atoms with Crippen LogP contribution in [0.15, 0.2) is 42.5 Å². The molecule has 0 bridgehead atoms. The summed E-state index contributed by atoms with van der Waals surface area (Å²) in [6, 6.07) is 13.2. The van der Waals surface area contributed by atoms with Gasteiger partial charge in [-0.15, -0.1) is 0 Å². The molecule has 0 saturated heterocycles. The average molecular weight is 425 g/mol. The van der Waals surface area contributed by atoms with Crippen molar-refractivity contribution in [1.82, 2.24) is 0 Å². The van der Waals surface area contributed by atoms with E-state index in [-0.39, 0.29) is 5.91 Å². The van der Waals surface area contributed by atoms with Crippen molar-refractivity contribution in [2.24, 2.45) is 0 Å². The Labute approximate surface area is 149 Å². The van der Waals surface area contributed by atoms with E-state index in [4.69, 9.17) is 9.47 Å². The SMILES string of the molecule is COc1ccc(OC(=[Te])N(C(C)=O)c2c(C)cccc2C)cc1. The summed E-state index contributed by atoms with van der Waals surface area (Å²) in [4.78, 5) is 13.8. The van der Waals surface area contributed by atoms with E-state index in [2.05, 4.69) is 0 Å². The van der Waals surface area contributed by atoms with E-state index >= 15 is 0 Å². The van der Waals surface area contributed by atoms with Crippen molar-refractivity contribution in [1.29, 1.82) is 0 Å². The molecular weight excluding hydrogens is 406 g/mol. The summed E-state index contributed by atoms with van der Waals surface area (Å²) in [5, 5.41) is 0. The monoisotopic (exact) mass is 427 g/mol. The van der Waals surface area contributed by atoms with Crippen molar-refractivity contribution in [3.05, 3.63) is 53.6 Å². The molecule has 0 radical (unpaired) electrons. The van der Waals surface area contributed by atoms with Gasteiger partial charge in [0.15, 0.2) is 0 Å². The number of benzene rings is 2. The van der Waals surface area contributed by atoms with Gasteiger partial charge in [0.1, 0.15) is 0 Å². The zero-order chi connectivity index (χ0) is 17.0. The molecule has 0 fully saturated rings. The number of methoxy groups -OCH3 is 1. The van der Waals surface area contributed by atoms with Crippen molar-refractivity contribution in [2.45, 2.75) is 20.8 Å². The van der Waals surface area contributed by atoms with Crippen molar-refractivity contribution >= 4 is 37.3 Å². The third kappa shape index (κ3) is 4.13. The fraction of sp³-hybridized carbons (Fsp3) is 0.222. The van der Waals surface area contributed by atoms with Crippen molar-refractivity contribution in [3.8, 4) is 11.5 Å². The normalized spacial score (nSPS) is 10.1. The van der Waals surface area contributed by atoms with Gasteiger partial charge < -0.3 is 0 Å². The van der Waals surface area contributed by atoms with E-state index in [0.717, 1.165) is 22.6 Å². The number of hydrogen-bond donors (Lipinski definition) is 0. The Hall–Kier alpha value is -1.83. The zero-order valence-corrected chi connectivity index (χ0v) is 16.0. The summed E-state index contributed by atoms with van der Waals surface area (Å²) >= 11 is 1.70. The van der Waals surface area contributed by atoms with Crippen LogP contribution in [-0.4, -0.2) is 38.7 Å². The molecule has 5 heteroatoms. The quantitative estimate of drug-likeness (QED) is 0.692. The van der Waals surface area contributed by atoms with Crippen molar-refractivity contribution < 1.29 is 14.3 Å². The van der Waals surface area contributed by atoms with E-state index < -0.39 is 0 Å². The maximum atomic E-state index is 12.2. The van der Waals surface area contributed by atoms with Gasteiger partial charge in [0.05, 0.1) is 0 Å². The van der Waals surface area contributed by atoms with E-state index in [1.165, 1.54) is 6.92 Å². The molecule has 0 N–H and O–H groups in total. The number of aryl methyl sites for hydroxylation is 2. The minimum absolute atomic E-state index is 0.0869. The van der Waals surface area contributed by atoms with Gasteiger partial charge in [-0.2, -0.15) is 0 Å². The van der Waals surface area contributed by atoms with Crippen LogP contribution in [0.5, 0.6) is 11.5 Å². The number of ether oxygens (including phenoxy) is 2. The first-order valence-corrected chi connectivity index (χ1v) is 8.33. The first-order chi connectivity index (χ1) is 10.9. The standard InChI is InChI=1S/C18H19NO3Te/c1-12-6-5-7-13(2)17(12)19(14(3)20)18(23)22-16-10-8-15(21-4)9-11-16/h5-11H,1-4H3. The second-order valence-corrected chi connectivity index (χ2v) is 6.14. The van der Waals surface area contributed by atoms with Crippen LogP contribution in [0.3, 0.4) is 0 Å². The van der Waals surface area contributed by atoms with Crippen molar-refractivity contribution in [3.63, 3.8) is 0 Å². The molecule has 120 valence electrons. The van der Waals surface area contributed by atoms with Gasteiger partial charge in [-0.1, -0.05) is 0 Å². The molecule has 0 aliphatic rings. The number of para-hydroxylation sites is 1. The minimum atomic E-state index is -0.0869. The van der Waals surface area contributed by atoms with E-state index in [0.29, 0.717) is 9.61 Å². The zero-order valence-electron chi connectivity index (χ0n) is 13.6. The molecular formula is C18H19NO3Te. The molecule has 0 spiro atoms. The summed E-state index contributed by atoms with van der Waals surface area (Å²) in [7, 11) is 1.62. The number of carbonyl (C=O) groups excluding carboxylic acids is 1. The molecule has 4 nitrogen and oxygen atoms in total. The molecule has 0 atom stereocenters. The second kappa shape index (κ2) is 7.63. The van der Waals surface area contributed by atoms with Crippen LogP contribution in [0.2, 0.25) is 0 Å². The second-order valence-electron chi connectivity index (χ2n) is 5.14. The van der Waals surface area contributed by atoms with Crippen molar-refractivity contribution in [2.75, 3.05) is 12.0 Å². The number of nitrogens with zero attached hydrogens (tertiary/aromatic N) is 1. The molecule has 1 amide bonds. The Morgan fingerprint density at radius 1 is 1.00 bits per heavy atom. The van der Waals surface area contributed by atoms with Gasteiger partial charge in [0.2, 0.25) is 0 Å². The summed E-state index contributed by atoms with van der Waals surface area (Å²) in [6.45, 7) is 5.51. The van der Waals surface area contributed by atoms with Gasteiger partial charge in [-0.05, 0) is 0 Å². The van der Waals surface area contributed by atoms with Gasteiger partial charge >= 0.3 is 149 Å². The van der Waals surface area contributed by atoms with E-state index in [1.54, 1.807) is 33.8 Å². The summed E-state index contributed by atoms with van der Waals surface area (Å²) < 4.78 is 11.5. The molecule has 0 aliphatic heterocycles. The van der Waals surface area contributed by atoms with Crippen LogP contribution in [0.25, 0.3) is 0 Å². The van der Waals surface area contributed by atoms with Crippen LogP contribution in [-0.2, 0) is 4.79 Å². The van der Waals surface area contributed by atoms with Crippen LogP contribution in [0.1, 0.15) is 18.1 Å². The Morgan fingerprint density at radius 2 is 1.52 bits per heavy atom. The number of anilines is 1. The van der Waals surface area contributed by atoms with Crippen LogP contribution >= 0.6 is 0 Å². The van der Waals surface area contributed by atoms with E-state index in [1.807, 2.05) is 56.3 Å². The molecule has 0 saturated carbocycles. The Balaban J connectivity index is 2.30. The molecule has 23 heavy (non-hydrogen) atoms. The summed E-state index contributed by atoms with van der Waals surface area (Å²) in [5.41, 5.74) is 2.92. The molecule has 0 aliphatic carbocycles. The summed E-state index contributed by atoms with van der Waals surface area (Å²) in [5.74, 6) is 1.33. The van der Waals surface area contributed by atoms with E-state index in [9.17, 15) is 4.79 Å². The van der Waals surface area contributed by atoms with Crippen LogP contribution in [0.4, 0.5) is 5.69 Å². The van der Waals surface area contributed by atoms with Gasteiger partial charge in [0.25, 0.3) is 0 Å². The maximum absolute atomic E-state index is 12.2. The van der Waals surface area contributed by atoms with Crippen LogP contribution < -0.4 is 14.4 Å². The topological polar surface area (TPSA) is 38.8 Å². The Bertz CT molecular complexity index is 705. The first kappa shape index (κ1) is 17.5. The number of hydrogen-bond acceptors (Lipinski definition) is 3. The third-order valence-electron chi connectivity index (χ3n) is 3.43. The predicted octanol–water partition coefficient (Wildman–Crippen LogP) is 3.00. The molecule has 0 aromatic heterocycles. The molecule has 0 unspecified atom stereocenters. The van der Waals surface area contributed by atoms with Crippen LogP contribution in [0, 0.1) is 13.8 Å². The fourth-order valence-electron chi connectivity index (χ4n) is 2.33. The third-order valence-corrected chi connectivity index (χ3v) is 4.18. The molecule has 2 rings (SSSR count).